The van der Waals surface area contributed by atoms with E-state index in [1.165, 1.54) is 11.8 Å². The number of thioether (sulfide) groups is 1. The first-order valence-corrected chi connectivity index (χ1v) is 7.67. The molecule has 0 saturated heterocycles. The molecule has 1 atom stereocenters. The van der Waals surface area contributed by atoms with Gasteiger partial charge in [0.25, 0.3) is 0 Å². The zero-order chi connectivity index (χ0) is 14.5. The molecule has 2 aromatic carbocycles. The lowest BCUT2D eigenvalue weighted by Gasteiger charge is -2.12. The molecule has 0 spiro atoms. The summed E-state index contributed by atoms with van der Waals surface area (Å²) in [6.45, 7) is 1.85. The number of rotatable bonds is 4. The van der Waals surface area contributed by atoms with Gasteiger partial charge in [-0.25, -0.2) is 0 Å². The fraction of sp³-hybridized carbons (Fsp3) is 0.133. The number of benzene rings is 2. The van der Waals surface area contributed by atoms with E-state index in [1.807, 2.05) is 31.2 Å². The summed E-state index contributed by atoms with van der Waals surface area (Å²) >= 11 is 13.3. The third kappa shape index (κ3) is 4.17. The molecule has 0 unspecified atom stereocenters. The number of hydrogen-bond acceptors (Lipinski definition) is 2. The fourth-order valence-electron chi connectivity index (χ4n) is 1.56. The lowest BCUT2D eigenvalue weighted by molar-refractivity contribution is -0.115. The van der Waals surface area contributed by atoms with Crippen LogP contribution in [0.1, 0.15) is 6.92 Å². The van der Waals surface area contributed by atoms with Gasteiger partial charge in [-0.1, -0.05) is 35.3 Å². The quantitative estimate of drug-likeness (QED) is 0.791. The fourth-order valence-corrected chi connectivity index (χ4v) is 2.84. The van der Waals surface area contributed by atoms with Gasteiger partial charge in [0.1, 0.15) is 0 Å². The Labute approximate surface area is 132 Å². The molecule has 0 aliphatic heterocycles. The van der Waals surface area contributed by atoms with Gasteiger partial charge in [0, 0.05) is 15.6 Å². The maximum atomic E-state index is 12.1. The normalized spacial score (nSPS) is 11.9. The molecule has 20 heavy (non-hydrogen) atoms. The molecule has 0 heterocycles. The van der Waals surface area contributed by atoms with Crippen LogP contribution in [0.25, 0.3) is 0 Å². The van der Waals surface area contributed by atoms with E-state index in [1.54, 1.807) is 24.3 Å². The van der Waals surface area contributed by atoms with Crippen molar-refractivity contribution in [3.63, 3.8) is 0 Å². The van der Waals surface area contributed by atoms with Gasteiger partial charge in [-0.3, -0.25) is 4.79 Å². The van der Waals surface area contributed by atoms with Crippen LogP contribution in [0.4, 0.5) is 5.69 Å². The van der Waals surface area contributed by atoms with Crippen LogP contribution in [0, 0.1) is 0 Å². The highest BCUT2D eigenvalue weighted by molar-refractivity contribution is 8.00. The molecule has 5 heteroatoms. The summed E-state index contributed by atoms with van der Waals surface area (Å²) in [6, 6.07) is 14.5. The van der Waals surface area contributed by atoms with Crippen LogP contribution in [0.15, 0.2) is 53.4 Å². The van der Waals surface area contributed by atoms with Crippen LogP contribution in [-0.2, 0) is 4.79 Å². The molecule has 0 aliphatic carbocycles. The van der Waals surface area contributed by atoms with Crippen molar-refractivity contribution in [1.82, 2.24) is 0 Å². The van der Waals surface area contributed by atoms with Crippen molar-refractivity contribution in [3.05, 3.63) is 58.6 Å². The summed E-state index contributed by atoms with van der Waals surface area (Å²) < 4.78 is 0. The van der Waals surface area contributed by atoms with Gasteiger partial charge < -0.3 is 5.32 Å². The van der Waals surface area contributed by atoms with Crippen LogP contribution in [0.2, 0.25) is 10.0 Å². The van der Waals surface area contributed by atoms with Gasteiger partial charge in [-0.2, -0.15) is 0 Å². The van der Waals surface area contributed by atoms with Gasteiger partial charge in [-0.05, 0) is 43.3 Å². The number of carbonyl (C=O) groups excluding carboxylic acids is 1. The Morgan fingerprint density at radius 2 is 1.75 bits per heavy atom. The van der Waals surface area contributed by atoms with Crippen LogP contribution in [0.3, 0.4) is 0 Å². The Kier molecular flexibility index (Phi) is 5.35. The van der Waals surface area contributed by atoms with Gasteiger partial charge >= 0.3 is 0 Å². The molecular formula is C15H13Cl2NOS. The molecule has 2 aromatic rings. The molecule has 2 nitrogen and oxygen atoms in total. The van der Waals surface area contributed by atoms with Crippen molar-refractivity contribution in [3.8, 4) is 0 Å². The zero-order valence-corrected chi connectivity index (χ0v) is 13.1. The molecule has 0 saturated carbocycles. The van der Waals surface area contributed by atoms with Gasteiger partial charge in [0.2, 0.25) is 5.91 Å². The minimum atomic E-state index is -0.245. The average molecular weight is 326 g/mol. The van der Waals surface area contributed by atoms with Gasteiger partial charge in [-0.15, -0.1) is 11.8 Å². The SMILES string of the molecule is C[C@@H](Sc1ccccc1Cl)C(=O)Nc1ccc(Cl)cc1. The van der Waals surface area contributed by atoms with E-state index in [9.17, 15) is 4.79 Å². The Balaban J connectivity index is 1.99. The second-order valence-corrected chi connectivity index (χ2v) is 6.41. The highest BCUT2D eigenvalue weighted by Crippen LogP contribution is 2.30. The number of nitrogens with one attached hydrogen (secondary N) is 1. The molecule has 0 radical (unpaired) electrons. The molecule has 0 aromatic heterocycles. The van der Waals surface area contributed by atoms with Crippen molar-refractivity contribution in [1.29, 1.82) is 0 Å². The summed E-state index contributed by atoms with van der Waals surface area (Å²) in [6.07, 6.45) is 0. The smallest absolute Gasteiger partial charge is 0.237 e. The topological polar surface area (TPSA) is 29.1 Å². The summed E-state index contributed by atoms with van der Waals surface area (Å²) in [5, 5.41) is 3.90. The van der Waals surface area contributed by atoms with E-state index >= 15 is 0 Å². The summed E-state index contributed by atoms with van der Waals surface area (Å²) in [4.78, 5) is 13.0. The first-order chi connectivity index (χ1) is 9.56. The molecule has 104 valence electrons. The van der Waals surface area contributed by atoms with Crippen molar-refractivity contribution in [2.24, 2.45) is 0 Å². The Hall–Kier alpha value is -1.16. The first kappa shape index (κ1) is 15.2. The van der Waals surface area contributed by atoms with Crippen molar-refractivity contribution < 1.29 is 4.79 Å². The van der Waals surface area contributed by atoms with Crippen LogP contribution in [-0.4, -0.2) is 11.2 Å². The lowest BCUT2D eigenvalue weighted by atomic mass is 10.3. The Morgan fingerprint density at radius 3 is 2.40 bits per heavy atom. The van der Waals surface area contributed by atoms with E-state index in [-0.39, 0.29) is 11.2 Å². The molecule has 1 amide bonds. The highest BCUT2D eigenvalue weighted by Gasteiger charge is 2.15. The minimum Gasteiger partial charge on any atom is -0.325 e. The van der Waals surface area contributed by atoms with E-state index in [4.69, 9.17) is 23.2 Å². The molecule has 0 aliphatic rings. The second-order valence-electron chi connectivity index (χ2n) is 4.19. The van der Waals surface area contributed by atoms with E-state index in [0.717, 1.165) is 10.6 Å². The monoisotopic (exact) mass is 325 g/mol. The third-order valence-electron chi connectivity index (χ3n) is 2.62. The molecule has 1 N–H and O–H groups in total. The highest BCUT2D eigenvalue weighted by atomic mass is 35.5. The number of hydrogen-bond donors (Lipinski definition) is 1. The standard InChI is InChI=1S/C15H13Cl2NOS/c1-10(20-14-5-3-2-4-13(14)17)15(19)18-12-8-6-11(16)7-9-12/h2-10H,1H3,(H,18,19)/t10-/m1/s1. The number of halogens is 2. The number of carbonyl (C=O) groups is 1. The predicted octanol–water partition coefficient (Wildman–Crippen LogP) is 5.11. The molecular weight excluding hydrogens is 313 g/mol. The number of anilines is 1. The molecule has 2 rings (SSSR count). The average Bonchev–Trinajstić information content (AvgIpc) is 2.44. The maximum Gasteiger partial charge on any atom is 0.237 e. The lowest BCUT2D eigenvalue weighted by Crippen LogP contribution is -2.22. The minimum absolute atomic E-state index is 0.0720. The van der Waals surface area contributed by atoms with Crippen LogP contribution in [0.5, 0.6) is 0 Å². The van der Waals surface area contributed by atoms with Crippen molar-refractivity contribution in [2.45, 2.75) is 17.1 Å². The van der Waals surface area contributed by atoms with Crippen molar-refractivity contribution >= 4 is 46.6 Å². The third-order valence-corrected chi connectivity index (χ3v) is 4.49. The van der Waals surface area contributed by atoms with Gasteiger partial charge in [0.15, 0.2) is 0 Å². The summed E-state index contributed by atoms with van der Waals surface area (Å²) in [5.74, 6) is -0.0720. The molecule has 0 fully saturated rings. The predicted molar refractivity (Wildman–Crippen MR) is 86.9 cm³/mol. The second kappa shape index (κ2) is 7.02. The number of amides is 1. The van der Waals surface area contributed by atoms with Crippen molar-refractivity contribution in [2.75, 3.05) is 5.32 Å². The Morgan fingerprint density at radius 1 is 1.10 bits per heavy atom. The van der Waals surface area contributed by atoms with E-state index < -0.39 is 0 Å². The first-order valence-electron chi connectivity index (χ1n) is 6.04. The maximum absolute atomic E-state index is 12.1. The van der Waals surface area contributed by atoms with E-state index in [0.29, 0.717) is 10.0 Å². The molecule has 0 bridgehead atoms. The van der Waals surface area contributed by atoms with Gasteiger partial charge in [0.05, 0.1) is 10.3 Å². The Bertz CT molecular complexity index is 601. The zero-order valence-electron chi connectivity index (χ0n) is 10.8. The van der Waals surface area contributed by atoms with Crippen LogP contribution < -0.4 is 5.32 Å². The summed E-state index contributed by atoms with van der Waals surface area (Å²) in [7, 11) is 0. The van der Waals surface area contributed by atoms with E-state index in [2.05, 4.69) is 5.32 Å². The summed E-state index contributed by atoms with van der Waals surface area (Å²) in [5.41, 5.74) is 0.728. The largest absolute Gasteiger partial charge is 0.325 e. The van der Waals surface area contributed by atoms with Crippen LogP contribution >= 0.6 is 35.0 Å².